The molecule has 0 saturated heterocycles. The van der Waals surface area contributed by atoms with Gasteiger partial charge in [0.15, 0.2) is 10.6 Å². The minimum absolute atomic E-state index is 0.714. The maximum absolute atomic E-state index is 5.39. The Morgan fingerprint density at radius 1 is 1.24 bits per heavy atom. The molecule has 0 amide bonds. The van der Waals surface area contributed by atoms with Crippen molar-refractivity contribution < 1.29 is 0 Å². The van der Waals surface area contributed by atoms with Gasteiger partial charge in [-0.3, -0.25) is 10.1 Å². The predicted octanol–water partition coefficient (Wildman–Crippen LogP) is 4.22. The number of H-pyrrole nitrogens is 1. The Morgan fingerprint density at radius 2 is 1.95 bits per heavy atom. The third-order valence-corrected chi connectivity index (χ3v) is 4.90. The second-order valence-electron chi connectivity index (χ2n) is 6.15. The maximum atomic E-state index is 5.39. The van der Waals surface area contributed by atoms with Gasteiger partial charge < -0.3 is 4.57 Å². The van der Waals surface area contributed by atoms with E-state index in [4.69, 9.17) is 12.2 Å². The van der Waals surface area contributed by atoms with Crippen molar-refractivity contribution in [3.05, 3.63) is 29.3 Å². The Bertz CT molecular complexity index is 623. The van der Waals surface area contributed by atoms with Crippen LogP contribution in [-0.4, -0.2) is 19.7 Å². The number of aromatic amines is 1. The highest BCUT2D eigenvalue weighted by atomic mass is 32.1. The molecule has 0 aromatic carbocycles. The number of hydrogen-bond donors (Lipinski definition) is 1. The quantitative estimate of drug-likeness (QED) is 0.860. The van der Waals surface area contributed by atoms with Gasteiger partial charge in [0.2, 0.25) is 0 Å². The number of hydrogen-bond acceptors (Lipinski definition) is 3. The molecule has 21 heavy (non-hydrogen) atoms. The number of rotatable bonds is 4. The summed E-state index contributed by atoms with van der Waals surface area (Å²) in [5.74, 6) is 2.67. The zero-order valence-electron chi connectivity index (χ0n) is 12.5. The number of aromatic nitrogens is 4. The summed E-state index contributed by atoms with van der Waals surface area (Å²) in [5, 5.41) is 7.31. The van der Waals surface area contributed by atoms with Crippen LogP contribution < -0.4 is 0 Å². The number of pyridine rings is 1. The molecule has 0 radical (unpaired) electrons. The van der Waals surface area contributed by atoms with E-state index in [1.54, 1.807) is 12.4 Å². The first kappa shape index (κ1) is 14.4. The van der Waals surface area contributed by atoms with Gasteiger partial charge in [-0.05, 0) is 42.6 Å². The molecule has 0 unspecified atom stereocenters. The van der Waals surface area contributed by atoms with Crippen molar-refractivity contribution in [3.8, 4) is 11.4 Å². The van der Waals surface area contributed by atoms with E-state index in [2.05, 4.69) is 26.7 Å². The summed E-state index contributed by atoms with van der Waals surface area (Å²) < 4.78 is 2.84. The van der Waals surface area contributed by atoms with Crippen LogP contribution in [0, 0.1) is 16.6 Å². The summed E-state index contributed by atoms with van der Waals surface area (Å²) in [6, 6.07) is 3.95. The molecule has 0 spiro atoms. The molecule has 2 aromatic heterocycles. The number of nitrogens with zero attached hydrogens (tertiary/aromatic N) is 3. The van der Waals surface area contributed by atoms with Crippen molar-refractivity contribution in [3.63, 3.8) is 0 Å². The SMILES string of the molecule is CC1CCC(CCn2c(-c3ccncc3)n[nH]c2=S)CC1. The van der Waals surface area contributed by atoms with Gasteiger partial charge >= 0.3 is 0 Å². The van der Waals surface area contributed by atoms with E-state index >= 15 is 0 Å². The lowest BCUT2D eigenvalue weighted by Gasteiger charge is -2.26. The van der Waals surface area contributed by atoms with E-state index in [9.17, 15) is 0 Å². The molecule has 3 rings (SSSR count). The van der Waals surface area contributed by atoms with Crippen molar-refractivity contribution in [2.45, 2.75) is 45.6 Å². The summed E-state index contributed by atoms with van der Waals surface area (Å²) in [7, 11) is 0. The van der Waals surface area contributed by atoms with Gasteiger partial charge in [0.05, 0.1) is 0 Å². The minimum Gasteiger partial charge on any atom is -0.300 e. The Kier molecular flexibility index (Phi) is 4.48. The molecule has 5 heteroatoms. The highest BCUT2D eigenvalue weighted by Gasteiger charge is 2.19. The molecule has 0 aliphatic heterocycles. The monoisotopic (exact) mass is 302 g/mol. The van der Waals surface area contributed by atoms with E-state index in [0.29, 0.717) is 4.77 Å². The van der Waals surface area contributed by atoms with Gasteiger partial charge in [0.1, 0.15) is 0 Å². The fourth-order valence-electron chi connectivity index (χ4n) is 3.18. The minimum atomic E-state index is 0.714. The average Bonchev–Trinajstić information content (AvgIpc) is 2.89. The molecule has 1 N–H and O–H groups in total. The predicted molar refractivity (Wildman–Crippen MR) is 86.4 cm³/mol. The first-order valence-corrected chi connectivity index (χ1v) is 8.20. The van der Waals surface area contributed by atoms with Gasteiger partial charge in [0, 0.05) is 24.5 Å². The highest BCUT2D eigenvalue weighted by molar-refractivity contribution is 7.71. The van der Waals surface area contributed by atoms with Crippen LogP contribution in [-0.2, 0) is 6.54 Å². The smallest absolute Gasteiger partial charge is 0.195 e. The zero-order chi connectivity index (χ0) is 14.7. The maximum Gasteiger partial charge on any atom is 0.195 e. The Hall–Kier alpha value is -1.49. The fourth-order valence-corrected chi connectivity index (χ4v) is 3.40. The second kappa shape index (κ2) is 6.52. The molecule has 4 nitrogen and oxygen atoms in total. The summed E-state index contributed by atoms with van der Waals surface area (Å²) >= 11 is 5.39. The molecular weight excluding hydrogens is 280 g/mol. The Labute approximate surface area is 130 Å². The van der Waals surface area contributed by atoms with Crippen LogP contribution in [0.1, 0.15) is 39.0 Å². The van der Waals surface area contributed by atoms with Crippen molar-refractivity contribution in [1.82, 2.24) is 19.7 Å². The van der Waals surface area contributed by atoms with Crippen molar-refractivity contribution in [1.29, 1.82) is 0 Å². The molecule has 0 atom stereocenters. The average molecular weight is 302 g/mol. The van der Waals surface area contributed by atoms with E-state index in [1.165, 1.54) is 32.1 Å². The van der Waals surface area contributed by atoms with Crippen LogP contribution in [0.3, 0.4) is 0 Å². The van der Waals surface area contributed by atoms with Gasteiger partial charge in [-0.2, -0.15) is 5.10 Å². The second-order valence-corrected chi connectivity index (χ2v) is 6.54. The summed E-state index contributed by atoms with van der Waals surface area (Å²) in [4.78, 5) is 4.06. The summed E-state index contributed by atoms with van der Waals surface area (Å²) in [6.45, 7) is 3.32. The van der Waals surface area contributed by atoms with Gasteiger partial charge in [-0.1, -0.05) is 32.6 Å². The third kappa shape index (κ3) is 3.40. The van der Waals surface area contributed by atoms with Crippen LogP contribution in [0.15, 0.2) is 24.5 Å². The van der Waals surface area contributed by atoms with Crippen LogP contribution in [0.2, 0.25) is 0 Å². The molecule has 0 bridgehead atoms. The lowest BCUT2D eigenvalue weighted by Crippen LogP contribution is -2.14. The van der Waals surface area contributed by atoms with E-state index in [-0.39, 0.29) is 0 Å². The Morgan fingerprint density at radius 3 is 2.67 bits per heavy atom. The van der Waals surface area contributed by atoms with Crippen LogP contribution in [0.5, 0.6) is 0 Å². The fraction of sp³-hybridized carbons (Fsp3) is 0.562. The standard InChI is InChI=1S/C16H22N4S/c1-12-2-4-13(5-3-12)8-11-20-15(18-19-16(20)21)14-6-9-17-10-7-14/h6-7,9-10,12-13H,2-5,8,11H2,1H3,(H,19,21). The molecule has 1 saturated carbocycles. The van der Waals surface area contributed by atoms with E-state index in [1.807, 2.05) is 12.1 Å². The lowest BCUT2D eigenvalue weighted by atomic mass is 9.81. The first-order chi connectivity index (χ1) is 10.2. The van der Waals surface area contributed by atoms with Crippen LogP contribution in [0.4, 0.5) is 0 Å². The highest BCUT2D eigenvalue weighted by Crippen LogP contribution is 2.31. The topological polar surface area (TPSA) is 46.5 Å². The summed E-state index contributed by atoms with van der Waals surface area (Å²) in [6.07, 6.45) is 10.2. The van der Waals surface area contributed by atoms with Gasteiger partial charge in [-0.15, -0.1) is 0 Å². The van der Waals surface area contributed by atoms with Crippen molar-refractivity contribution in [2.75, 3.05) is 0 Å². The normalized spacial score (nSPS) is 22.3. The van der Waals surface area contributed by atoms with Crippen molar-refractivity contribution in [2.24, 2.45) is 11.8 Å². The first-order valence-electron chi connectivity index (χ1n) is 7.79. The molecule has 2 aromatic rings. The molecule has 112 valence electrons. The Balaban J connectivity index is 1.71. The van der Waals surface area contributed by atoms with Gasteiger partial charge in [-0.25, -0.2) is 0 Å². The van der Waals surface area contributed by atoms with E-state index < -0.39 is 0 Å². The number of nitrogens with one attached hydrogen (secondary N) is 1. The lowest BCUT2D eigenvalue weighted by molar-refractivity contribution is 0.269. The molecule has 2 heterocycles. The molecule has 1 aliphatic carbocycles. The summed E-state index contributed by atoms with van der Waals surface area (Å²) in [5.41, 5.74) is 1.06. The molecule has 1 fully saturated rings. The van der Waals surface area contributed by atoms with Gasteiger partial charge in [0.25, 0.3) is 0 Å². The zero-order valence-corrected chi connectivity index (χ0v) is 13.3. The van der Waals surface area contributed by atoms with Crippen LogP contribution >= 0.6 is 12.2 Å². The third-order valence-electron chi connectivity index (χ3n) is 4.59. The largest absolute Gasteiger partial charge is 0.300 e. The van der Waals surface area contributed by atoms with E-state index in [0.717, 1.165) is 29.8 Å². The molecular formula is C16H22N4S. The van der Waals surface area contributed by atoms with Crippen molar-refractivity contribution >= 4 is 12.2 Å². The molecule has 1 aliphatic rings. The van der Waals surface area contributed by atoms with Crippen LogP contribution in [0.25, 0.3) is 11.4 Å².